The van der Waals surface area contributed by atoms with Crippen molar-refractivity contribution in [3.63, 3.8) is 0 Å². The summed E-state index contributed by atoms with van der Waals surface area (Å²) < 4.78 is 0. The Morgan fingerprint density at radius 1 is 1.19 bits per heavy atom. The Balaban J connectivity index is 1.90. The molecule has 2 heterocycles. The van der Waals surface area contributed by atoms with E-state index in [0.29, 0.717) is 5.69 Å². The van der Waals surface area contributed by atoms with E-state index in [1.807, 2.05) is 0 Å². The van der Waals surface area contributed by atoms with Gasteiger partial charge in [-0.1, -0.05) is 0 Å². The third-order valence-electron chi connectivity index (χ3n) is 3.69. The second kappa shape index (κ2) is 7.25. The average molecular weight is 385 g/mol. The van der Waals surface area contributed by atoms with Crippen LogP contribution in [0.3, 0.4) is 0 Å². The van der Waals surface area contributed by atoms with Crippen molar-refractivity contribution in [3.05, 3.63) is 73.4 Å². The van der Waals surface area contributed by atoms with Crippen molar-refractivity contribution in [3.8, 4) is 11.3 Å². The zero-order chi connectivity index (χ0) is 19.6. The maximum Gasteiger partial charge on any atom is 0.279 e. The van der Waals surface area contributed by atoms with E-state index in [4.69, 9.17) is 0 Å². The lowest BCUT2D eigenvalue weighted by Crippen LogP contribution is -2.13. The highest BCUT2D eigenvalue weighted by Gasteiger charge is 2.25. The minimum Gasteiger partial charge on any atom is -0.298 e. The van der Waals surface area contributed by atoms with E-state index in [1.165, 1.54) is 6.92 Å². The summed E-state index contributed by atoms with van der Waals surface area (Å²) in [6.45, 7) is 1.26. The summed E-state index contributed by atoms with van der Waals surface area (Å²) in [5.41, 5.74) is 0.0565. The number of carbonyl (C=O) groups is 1. The van der Waals surface area contributed by atoms with E-state index in [2.05, 4.69) is 15.3 Å². The van der Waals surface area contributed by atoms with Crippen molar-refractivity contribution in [2.24, 2.45) is 0 Å². The van der Waals surface area contributed by atoms with Crippen molar-refractivity contribution in [1.29, 1.82) is 0 Å². The molecule has 1 aromatic carbocycles. The van der Waals surface area contributed by atoms with Crippen LogP contribution in [0, 0.1) is 27.2 Å². The van der Waals surface area contributed by atoms with Crippen LogP contribution in [0.25, 0.3) is 11.3 Å². The molecule has 3 rings (SSSR count). The fourth-order valence-corrected chi connectivity index (χ4v) is 3.06. The first-order chi connectivity index (χ1) is 12.9. The first kappa shape index (κ1) is 18.1. The first-order valence-electron chi connectivity index (χ1n) is 7.47. The van der Waals surface area contributed by atoms with Gasteiger partial charge in [-0.25, -0.2) is 4.98 Å². The van der Waals surface area contributed by atoms with E-state index in [-0.39, 0.29) is 16.3 Å². The van der Waals surface area contributed by atoms with Gasteiger partial charge in [0.2, 0.25) is 0 Å². The van der Waals surface area contributed by atoms with Crippen LogP contribution in [0.5, 0.6) is 0 Å². The van der Waals surface area contributed by atoms with E-state index < -0.39 is 27.1 Å². The number of benzene rings is 1. The number of anilines is 1. The molecule has 0 aliphatic rings. The number of nitro benzene ring substituents is 2. The summed E-state index contributed by atoms with van der Waals surface area (Å²) in [4.78, 5) is 41.4. The van der Waals surface area contributed by atoms with Crippen molar-refractivity contribution < 1.29 is 14.6 Å². The van der Waals surface area contributed by atoms with Gasteiger partial charge in [0.1, 0.15) is 5.56 Å². The maximum absolute atomic E-state index is 12.4. The van der Waals surface area contributed by atoms with E-state index in [0.717, 1.165) is 29.0 Å². The number of thiazole rings is 1. The smallest absolute Gasteiger partial charge is 0.279 e. The van der Waals surface area contributed by atoms with Gasteiger partial charge in [0.15, 0.2) is 5.13 Å². The lowest BCUT2D eigenvalue weighted by molar-refractivity contribution is -0.395. The third kappa shape index (κ3) is 3.77. The highest BCUT2D eigenvalue weighted by atomic mass is 32.1. The lowest BCUT2D eigenvalue weighted by atomic mass is 10.1. The Labute approximate surface area is 155 Å². The van der Waals surface area contributed by atoms with Gasteiger partial charge in [0, 0.05) is 35.5 Å². The molecule has 3 aromatic rings. The van der Waals surface area contributed by atoms with Gasteiger partial charge in [-0.15, -0.1) is 11.3 Å². The van der Waals surface area contributed by atoms with Crippen LogP contribution in [-0.2, 0) is 0 Å². The molecule has 0 aliphatic carbocycles. The summed E-state index contributed by atoms with van der Waals surface area (Å²) in [5, 5.41) is 26.7. The van der Waals surface area contributed by atoms with Crippen LogP contribution in [0.4, 0.5) is 16.5 Å². The number of rotatable bonds is 5. The van der Waals surface area contributed by atoms with E-state index >= 15 is 0 Å². The first-order valence-corrected chi connectivity index (χ1v) is 8.35. The number of nitrogens with zero attached hydrogens (tertiary/aromatic N) is 4. The summed E-state index contributed by atoms with van der Waals surface area (Å²) >= 11 is 1.15. The second-order valence-electron chi connectivity index (χ2n) is 5.39. The Bertz CT molecular complexity index is 1020. The van der Waals surface area contributed by atoms with Crippen LogP contribution in [0.15, 0.2) is 42.0 Å². The van der Waals surface area contributed by atoms with E-state index in [1.54, 1.807) is 29.9 Å². The number of hydrogen-bond acceptors (Lipinski definition) is 8. The van der Waals surface area contributed by atoms with E-state index in [9.17, 15) is 25.0 Å². The molecular weight excluding hydrogens is 374 g/mol. The maximum atomic E-state index is 12.4. The van der Waals surface area contributed by atoms with Gasteiger partial charge in [0.05, 0.1) is 21.1 Å². The molecule has 0 fully saturated rings. The Morgan fingerprint density at radius 3 is 2.41 bits per heavy atom. The van der Waals surface area contributed by atoms with Gasteiger partial charge >= 0.3 is 0 Å². The Morgan fingerprint density at radius 2 is 1.85 bits per heavy atom. The number of pyridine rings is 1. The Kier molecular flexibility index (Phi) is 4.86. The molecule has 0 bridgehead atoms. The molecule has 0 atom stereocenters. The molecule has 11 heteroatoms. The SMILES string of the molecule is Cc1c([N+](=O)[O-])cc(C(=O)Nc2nc(-c3cccnc3)cs2)cc1[N+](=O)[O-]. The highest BCUT2D eigenvalue weighted by Crippen LogP contribution is 2.30. The monoisotopic (exact) mass is 385 g/mol. The second-order valence-corrected chi connectivity index (χ2v) is 6.25. The zero-order valence-electron chi connectivity index (χ0n) is 13.8. The van der Waals surface area contributed by atoms with Crippen LogP contribution in [0.2, 0.25) is 0 Å². The summed E-state index contributed by atoms with van der Waals surface area (Å²) in [7, 11) is 0. The molecule has 1 amide bonds. The molecule has 0 spiro atoms. The molecular formula is C16H11N5O5S. The van der Waals surface area contributed by atoms with Gasteiger partial charge in [0.25, 0.3) is 17.3 Å². The summed E-state index contributed by atoms with van der Waals surface area (Å²) in [5.74, 6) is -0.728. The number of amides is 1. The van der Waals surface area contributed by atoms with Gasteiger partial charge in [-0.3, -0.25) is 35.3 Å². The number of nitrogens with one attached hydrogen (secondary N) is 1. The molecule has 10 nitrogen and oxygen atoms in total. The number of carbonyl (C=O) groups excluding carboxylic acids is 1. The molecule has 0 saturated heterocycles. The fourth-order valence-electron chi connectivity index (χ4n) is 2.34. The van der Waals surface area contributed by atoms with Gasteiger partial charge < -0.3 is 0 Å². The number of hydrogen-bond donors (Lipinski definition) is 1. The van der Waals surface area contributed by atoms with Crippen molar-refractivity contribution in [2.75, 3.05) is 5.32 Å². The fraction of sp³-hybridized carbons (Fsp3) is 0.0625. The largest absolute Gasteiger partial charge is 0.298 e. The normalized spacial score (nSPS) is 10.4. The van der Waals surface area contributed by atoms with Crippen LogP contribution in [-0.4, -0.2) is 25.7 Å². The summed E-state index contributed by atoms with van der Waals surface area (Å²) in [6, 6.07) is 5.57. The molecule has 136 valence electrons. The molecule has 0 aliphatic heterocycles. The number of aromatic nitrogens is 2. The molecule has 27 heavy (non-hydrogen) atoms. The molecule has 0 saturated carbocycles. The van der Waals surface area contributed by atoms with Crippen LogP contribution >= 0.6 is 11.3 Å². The number of nitro groups is 2. The lowest BCUT2D eigenvalue weighted by Gasteiger charge is -2.04. The predicted octanol–water partition coefficient (Wildman–Crippen LogP) is 3.58. The molecule has 0 radical (unpaired) electrons. The highest BCUT2D eigenvalue weighted by molar-refractivity contribution is 7.14. The topological polar surface area (TPSA) is 141 Å². The molecule has 1 N–H and O–H groups in total. The standard InChI is InChI=1S/C16H11N5O5S/c1-9-13(20(23)24)5-11(6-14(9)21(25)26)15(22)19-16-18-12(8-27-16)10-3-2-4-17-7-10/h2-8H,1H3,(H,18,19,22). The van der Waals surface area contributed by atoms with Crippen LogP contribution in [0.1, 0.15) is 15.9 Å². The Hall–Kier alpha value is -3.73. The summed E-state index contributed by atoms with van der Waals surface area (Å²) in [6.07, 6.45) is 3.24. The van der Waals surface area contributed by atoms with Crippen molar-refractivity contribution in [1.82, 2.24) is 9.97 Å². The van der Waals surface area contributed by atoms with Gasteiger partial charge in [-0.2, -0.15) is 0 Å². The zero-order valence-corrected chi connectivity index (χ0v) is 14.6. The van der Waals surface area contributed by atoms with Gasteiger partial charge in [-0.05, 0) is 19.1 Å². The third-order valence-corrected chi connectivity index (χ3v) is 4.45. The van der Waals surface area contributed by atoms with Crippen LogP contribution < -0.4 is 5.32 Å². The minimum atomic E-state index is -0.761. The molecule has 0 unspecified atom stereocenters. The average Bonchev–Trinajstić information content (AvgIpc) is 3.10. The predicted molar refractivity (Wildman–Crippen MR) is 97.8 cm³/mol. The quantitative estimate of drug-likeness (QED) is 0.522. The molecule has 2 aromatic heterocycles. The van der Waals surface area contributed by atoms with Crippen molar-refractivity contribution >= 4 is 33.8 Å². The van der Waals surface area contributed by atoms with Crippen molar-refractivity contribution in [2.45, 2.75) is 6.92 Å². The minimum absolute atomic E-state index is 0.116.